The molecule has 0 unspecified atom stereocenters. The van der Waals surface area contributed by atoms with E-state index in [2.05, 4.69) is 77.0 Å². The Morgan fingerprint density at radius 3 is 2.65 bits per heavy atom. The Kier molecular flexibility index (Phi) is 4.03. The van der Waals surface area contributed by atoms with E-state index in [0.29, 0.717) is 0 Å². The molecule has 1 aliphatic rings. The molecule has 2 nitrogen and oxygen atoms in total. The molecule has 1 aliphatic heterocycles. The third kappa shape index (κ3) is 2.97. The molecular formula is C20H18N2S. The summed E-state index contributed by atoms with van der Waals surface area (Å²) in [4.78, 5) is 5.90. The third-order valence-corrected chi connectivity index (χ3v) is 5.20. The zero-order valence-corrected chi connectivity index (χ0v) is 13.6. The zero-order chi connectivity index (χ0) is 15.5. The molecule has 23 heavy (non-hydrogen) atoms. The molecule has 0 spiro atoms. The van der Waals surface area contributed by atoms with Crippen LogP contribution in [0.5, 0.6) is 0 Å². The van der Waals surface area contributed by atoms with Gasteiger partial charge >= 0.3 is 0 Å². The van der Waals surface area contributed by atoms with E-state index in [-0.39, 0.29) is 0 Å². The van der Waals surface area contributed by atoms with Crippen molar-refractivity contribution in [3.63, 3.8) is 0 Å². The molecule has 3 heteroatoms. The van der Waals surface area contributed by atoms with Gasteiger partial charge in [0.05, 0.1) is 6.54 Å². The Bertz CT molecular complexity index is 865. The molecule has 1 heterocycles. The van der Waals surface area contributed by atoms with E-state index in [9.17, 15) is 0 Å². The first-order valence-corrected chi connectivity index (χ1v) is 8.87. The average Bonchev–Trinajstić information content (AvgIpc) is 3.14. The molecule has 0 saturated heterocycles. The van der Waals surface area contributed by atoms with Gasteiger partial charge in [-0.3, -0.25) is 4.99 Å². The lowest BCUT2D eigenvalue weighted by Crippen LogP contribution is -2.20. The summed E-state index contributed by atoms with van der Waals surface area (Å²) in [5.74, 6) is 1.99. The first-order valence-electron chi connectivity index (χ1n) is 7.89. The number of fused-ring (bicyclic) bond motifs is 1. The Morgan fingerprint density at radius 2 is 1.74 bits per heavy atom. The van der Waals surface area contributed by atoms with Crippen LogP contribution in [0.1, 0.15) is 11.1 Å². The molecule has 0 saturated carbocycles. The van der Waals surface area contributed by atoms with Crippen molar-refractivity contribution in [1.29, 1.82) is 0 Å². The minimum Gasteiger partial charge on any atom is -0.368 e. The summed E-state index contributed by atoms with van der Waals surface area (Å²) in [5.41, 5.74) is 2.57. The van der Waals surface area contributed by atoms with Gasteiger partial charge in [-0.1, -0.05) is 60.7 Å². The maximum Gasteiger partial charge on any atom is 0.128 e. The molecule has 0 fully saturated rings. The molecular weight excluding hydrogens is 300 g/mol. The number of hydrogen-bond acceptors (Lipinski definition) is 3. The van der Waals surface area contributed by atoms with Crippen molar-refractivity contribution in [2.45, 2.75) is 10.6 Å². The summed E-state index contributed by atoms with van der Waals surface area (Å²) < 4.78 is 0. The van der Waals surface area contributed by atoms with Gasteiger partial charge in [-0.15, -0.1) is 11.8 Å². The fraction of sp³-hybridized carbons (Fsp3) is 0.150. The van der Waals surface area contributed by atoms with Gasteiger partial charge < -0.3 is 5.32 Å². The zero-order valence-electron chi connectivity index (χ0n) is 12.8. The highest BCUT2D eigenvalue weighted by Gasteiger charge is 2.12. The minimum absolute atomic E-state index is 0.875. The van der Waals surface area contributed by atoms with Crippen LogP contribution in [0.2, 0.25) is 0 Å². The Morgan fingerprint density at radius 1 is 0.913 bits per heavy atom. The lowest BCUT2D eigenvalue weighted by Gasteiger charge is -2.11. The summed E-state index contributed by atoms with van der Waals surface area (Å²) >= 11 is 1.89. The molecule has 0 aliphatic carbocycles. The second-order valence-corrected chi connectivity index (χ2v) is 6.60. The molecule has 3 aromatic rings. The fourth-order valence-corrected chi connectivity index (χ4v) is 4.01. The predicted octanol–water partition coefficient (Wildman–Crippen LogP) is 4.48. The third-order valence-electron chi connectivity index (χ3n) is 4.08. The van der Waals surface area contributed by atoms with E-state index in [1.807, 2.05) is 11.8 Å². The molecule has 1 N–H and O–H groups in total. The maximum absolute atomic E-state index is 4.57. The normalized spacial score (nSPS) is 13.8. The van der Waals surface area contributed by atoms with Gasteiger partial charge in [-0.2, -0.15) is 0 Å². The van der Waals surface area contributed by atoms with Gasteiger partial charge in [0, 0.05) is 22.8 Å². The molecule has 0 amide bonds. The average molecular weight is 318 g/mol. The Hall–Kier alpha value is -2.26. The number of hydrogen-bond donors (Lipinski definition) is 1. The summed E-state index contributed by atoms with van der Waals surface area (Å²) in [6.07, 6.45) is 0. The molecule has 0 aromatic heterocycles. The van der Waals surface area contributed by atoms with Crippen molar-refractivity contribution in [3.8, 4) is 0 Å². The van der Waals surface area contributed by atoms with Crippen molar-refractivity contribution >= 4 is 28.4 Å². The Balaban J connectivity index is 1.62. The van der Waals surface area contributed by atoms with Gasteiger partial charge in [-0.25, -0.2) is 0 Å². The van der Waals surface area contributed by atoms with Crippen molar-refractivity contribution < 1.29 is 0 Å². The topological polar surface area (TPSA) is 24.4 Å². The van der Waals surface area contributed by atoms with Crippen LogP contribution in [0.3, 0.4) is 0 Å². The quantitative estimate of drug-likeness (QED) is 0.717. The Labute approximate surface area is 140 Å². The van der Waals surface area contributed by atoms with Gasteiger partial charge in [0.1, 0.15) is 5.84 Å². The smallest absolute Gasteiger partial charge is 0.128 e. The van der Waals surface area contributed by atoms with Gasteiger partial charge in [0.15, 0.2) is 0 Å². The monoisotopic (exact) mass is 318 g/mol. The van der Waals surface area contributed by atoms with Crippen LogP contribution in [0.25, 0.3) is 10.8 Å². The highest BCUT2D eigenvalue weighted by atomic mass is 32.2. The van der Waals surface area contributed by atoms with Crippen LogP contribution < -0.4 is 5.32 Å². The van der Waals surface area contributed by atoms with E-state index in [0.717, 1.165) is 24.7 Å². The van der Waals surface area contributed by atoms with Crippen LogP contribution in [-0.2, 0) is 5.75 Å². The lowest BCUT2D eigenvalue weighted by molar-refractivity contribution is 0.959. The molecule has 0 atom stereocenters. The SMILES string of the molecule is c1ccc(C2=NCCN2)c(CSc2cccc3ccccc23)c1. The molecule has 4 rings (SSSR count). The van der Waals surface area contributed by atoms with E-state index >= 15 is 0 Å². The molecule has 0 radical (unpaired) electrons. The number of amidine groups is 1. The van der Waals surface area contributed by atoms with Crippen LogP contribution in [-0.4, -0.2) is 18.9 Å². The van der Waals surface area contributed by atoms with Crippen molar-refractivity contribution in [2.75, 3.05) is 13.1 Å². The van der Waals surface area contributed by atoms with Crippen LogP contribution in [0, 0.1) is 0 Å². The predicted molar refractivity (Wildman–Crippen MR) is 99.4 cm³/mol. The van der Waals surface area contributed by atoms with Gasteiger partial charge in [0.2, 0.25) is 0 Å². The van der Waals surface area contributed by atoms with Crippen molar-refractivity contribution in [1.82, 2.24) is 5.32 Å². The summed E-state index contributed by atoms with van der Waals surface area (Å²) in [7, 11) is 0. The molecule has 0 bridgehead atoms. The lowest BCUT2D eigenvalue weighted by atomic mass is 10.1. The highest BCUT2D eigenvalue weighted by molar-refractivity contribution is 7.98. The highest BCUT2D eigenvalue weighted by Crippen LogP contribution is 2.31. The maximum atomic E-state index is 4.57. The molecule has 114 valence electrons. The first-order chi connectivity index (χ1) is 11.4. The van der Waals surface area contributed by atoms with E-state index < -0.39 is 0 Å². The number of thioether (sulfide) groups is 1. The van der Waals surface area contributed by atoms with E-state index in [1.165, 1.54) is 26.8 Å². The number of nitrogens with one attached hydrogen (secondary N) is 1. The minimum atomic E-state index is 0.875. The number of benzene rings is 3. The standard InChI is InChI=1S/C20H18N2S/c1-3-9-17-15(6-1)8-5-11-19(17)23-14-16-7-2-4-10-18(16)20-21-12-13-22-20/h1-11H,12-14H2,(H,21,22). The number of nitrogens with zero attached hydrogens (tertiary/aromatic N) is 1. The number of rotatable bonds is 4. The fourth-order valence-electron chi connectivity index (χ4n) is 2.93. The summed E-state index contributed by atoms with van der Waals surface area (Å²) in [6.45, 7) is 1.82. The van der Waals surface area contributed by atoms with Gasteiger partial charge in [-0.05, 0) is 22.4 Å². The van der Waals surface area contributed by atoms with Crippen LogP contribution in [0.15, 0.2) is 76.6 Å². The second-order valence-electron chi connectivity index (χ2n) is 5.58. The largest absolute Gasteiger partial charge is 0.368 e. The van der Waals surface area contributed by atoms with Crippen LogP contribution >= 0.6 is 11.8 Å². The van der Waals surface area contributed by atoms with Crippen LogP contribution in [0.4, 0.5) is 0 Å². The number of aliphatic imine (C=N–C) groups is 1. The molecule has 3 aromatic carbocycles. The van der Waals surface area contributed by atoms with Crippen molar-refractivity contribution in [2.24, 2.45) is 4.99 Å². The van der Waals surface area contributed by atoms with Gasteiger partial charge in [0.25, 0.3) is 0 Å². The first kappa shape index (κ1) is 14.3. The van der Waals surface area contributed by atoms with E-state index in [1.54, 1.807) is 0 Å². The summed E-state index contributed by atoms with van der Waals surface area (Å²) in [6, 6.07) is 23.7. The summed E-state index contributed by atoms with van der Waals surface area (Å²) in [5, 5.41) is 6.01. The van der Waals surface area contributed by atoms with E-state index in [4.69, 9.17) is 0 Å². The second kappa shape index (κ2) is 6.47. The van der Waals surface area contributed by atoms with Crippen molar-refractivity contribution in [3.05, 3.63) is 77.9 Å².